The van der Waals surface area contributed by atoms with E-state index in [1.54, 1.807) is 0 Å². The van der Waals surface area contributed by atoms with Crippen molar-refractivity contribution in [2.24, 2.45) is 0 Å². The minimum absolute atomic E-state index is 0. The smallest absolute Gasteiger partial charge is 0.147 e. The van der Waals surface area contributed by atoms with Gasteiger partial charge in [-0.25, -0.2) is 0 Å². The van der Waals surface area contributed by atoms with Gasteiger partial charge in [-0.3, -0.25) is 0 Å². The third-order valence-electron chi connectivity index (χ3n) is 3.44. The Morgan fingerprint density at radius 2 is 1.82 bits per heavy atom. The minimum atomic E-state index is -1.75. The number of allylic oxidation sites excluding steroid dienone is 4. The molecule has 0 N–H and O–H groups in total. The summed E-state index contributed by atoms with van der Waals surface area (Å²) in [5.74, 6) is 1.03. The molecule has 0 atom stereocenters. The molecular formula is C18H26Cl2OTi. The normalized spacial score (nSPS) is 12.9. The zero-order valence-electron chi connectivity index (χ0n) is 14.0. The van der Waals surface area contributed by atoms with Crippen LogP contribution in [0.15, 0.2) is 46.4 Å². The van der Waals surface area contributed by atoms with Crippen LogP contribution in [0.4, 0.5) is 0 Å². The van der Waals surface area contributed by atoms with Crippen LogP contribution in [0.2, 0.25) is 0 Å². The van der Waals surface area contributed by atoms with E-state index < -0.39 is 17.8 Å². The van der Waals surface area contributed by atoms with E-state index in [4.69, 9.17) is 3.32 Å². The number of benzene rings is 1. The van der Waals surface area contributed by atoms with E-state index in [0.717, 1.165) is 12.2 Å². The van der Waals surface area contributed by atoms with Crippen LogP contribution < -0.4 is 3.32 Å². The Morgan fingerprint density at radius 1 is 1.14 bits per heavy atom. The van der Waals surface area contributed by atoms with E-state index in [1.807, 2.05) is 0 Å². The molecule has 1 aliphatic rings. The van der Waals surface area contributed by atoms with Crippen molar-refractivity contribution < 1.29 is 21.1 Å². The summed E-state index contributed by atoms with van der Waals surface area (Å²) in [5.41, 5.74) is 1.50. The Morgan fingerprint density at radius 3 is 2.32 bits per heavy atom. The summed E-state index contributed by atoms with van der Waals surface area (Å²) in [5, 5.41) is 0. The minimum Gasteiger partial charge on any atom is -0.147 e. The molecule has 0 fully saturated rings. The van der Waals surface area contributed by atoms with Crippen molar-refractivity contribution in [1.29, 1.82) is 0 Å². The molecule has 1 aromatic carbocycles. The average molecular weight is 377 g/mol. The molecule has 0 heterocycles. The molecule has 1 aliphatic carbocycles. The van der Waals surface area contributed by atoms with Crippen molar-refractivity contribution in [2.75, 3.05) is 0 Å². The Hall–Kier alpha value is -0.336. The molecule has 1 nitrogen and oxygen atoms in total. The standard InChI is InChI=1S/C10H14O.C5H5.C3H6.2ClH.Ti/c1-10(2,3)8-5-4-6-9(11)7-8;1-2-4-5-3-1;1-3-2;;;/h4-7,11H,1-3H3;1-3H,4H2;1-2H3;2*1H;/q;;;;;+1/p-1. The van der Waals surface area contributed by atoms with E-state index in [1.165, 1.54) is 13.3 Å². The maximum atomic E-state index is 6.42. The van der Waals surface area contributed by atoms with E-state index in [-0.39, 0.29) is 30.2 Å². The van der Waals surface area contributed by atoms with Crippen molar-refractivity contribution in [3.05, 3.63) is 51.9 Å². The average Bonchev–Trinajstić information content (AvgIpc) is 2.88. The predicted molar refractivity (Wildman–Crippen MR) is 98.5 cm³/mol. The van der Waals surface area contributed by atoms with Gasteiger partial charge in [-0.1, -0.05) is 0 Å². The van der Waals surface area contributed by atoms with Crippen molar-refractivity contribution in [1.82, 2.24) is 0 Å². The first-order valence-electron chi connectivity index (χ1n) is 7.20. The number of halogens is 2. The fraction of sp³-hybridized carbons (Fsp3) is 0.389. The first-order chi connectivity index (χ1) is 9.38. The molecule has 0 aliphatic heterocycles. The summed E-state index contributed by atoms with van der Waals surface area (Å²) < 4.78 is 9.38. The van der Waals surface area contributed by atoms with Crippen LogP contribution >= 0.6 is 24.8 Å². The van der Waals surface area contributed by atoms with E-state index in [0.29, 0.717) is 0 Å². The molecule has 0 aromatic heterocycles. The fourth-order valence-corrected chi connectivity index (χ4v) is 5.20. The first kappa shape index (κ1) is 21.7. The predicted octanol–water partition coefficient (Wildman–Crippen LogP) is 5.80. The third kappa shape index (κ3) is 5.70. The maximum Gasteiger partial charge on any atom is -0.147 e. The second kappa shape index (κ2) is 9.08. The molecule has 22 heavy (non-hydrogen) atoms. The number of hydrogen-bond acceptors (Lipinski definition) is 1. The van der Waals surface area contributed by atoms with Crippen molar-refractivity contribution >= 4 is 28.6 Å². The van der Waals surface area contributed by atoms with Gasteiger partial charge in [0.15, 0.2) is 0 Å². The van der Waals surface area contributed by atoms with Crippen molar-refractivity contribution in [2.45, 2.75) is 46.5 Å². The topological polar surface area (TPSA) is 9.23 Å². The molecule has 0 bridgehead atoms. The van der Waals surface area contributed by atoms with Crippen LogP contribution in [0.5, 0.6) is 5.75 Å². The van der Waals surface area contributed by atoms with Gasteiger partial charge in [0.25, 0.3) is 0 Å². The van der Waals surface area contributed by atoms with Gasteiger partial charge in [0, 0.05) is 0 Å². The van der Waals surface area contributed by atoms with Gasteiger partial charge in [-0.2, -0.15) is 0 Å². The number of rotatable bonds is 3. The summed E-state index contributed by atoms with van der Waals surface area (Å²) in [6.45, 7) is 11.1. The van der Waals surface area contributed by atoms with Crippen LogP contribution in [-0.2, 0) is 23.2 Å². The Balaban J connectivity index is 0.00000220. The summed E-state index contributed by atoms with van der Waals surface area (Å²) in [6, 6.07) is 8.59. The van der Waals surface area contributed by atoms with Crippen LogP contribution in [0, 0.1) is 0 Å². The van der Waals surface area contributed by atoms with Gasteiger partial charge in [-0.15, -0.1) is 24.8 Å². The third-order valence-corrected chi connectivity index (χ3v) is 7.03. The van der Waals surface area contributed by atoms with Crippen molar-refractivity contribution in [3.8, 4) is 5.75 Å². The molecule has 0 radical (unpaired) electrons. The maximum absolute atomic E-state index is 6.42. The molecule has 0 saturated heterocycles. The summed E-state index contributed by atoms with van der Waals surface area (Å²) >= 11 is -1.75. The Labute approximate surface area is 153 Å². The van der Waals surface area contributed by atoms with Gasteiger partial charge in [-0.05, 0) is 0 Å². The molecule has 122 valence electrons. The molecule has 4 heteroatoms. The zero-order valence-corrected chi connectivity index (χ0v) is 17.2. The summed E-state index contributed by atoms with van der Waals surface area (Å²) in [7, 11) is 0. The molecule has 2 rings (SSSR count). The van der Waals surface area contributed by atoms with Crippen LogP contribution in [0.25, 0.3) is 0 Å². The molecule has 0 unspecified atom stereocenters. The van der Waals surface area contributed by atoms with Crippen LogP contribution in [0.1, 0.15) is 46.6 Å². The summed E-state index contributed by atoms with van der Waals surface area (Å²) in [6.07, 6.45) is 7.69. The van der Waals surface area contributed by atoms with Gasteiger partial charge < -0.3 is 0 Å². The monoisotopic (exact) mass is 376 g/mol. The van der Waals surface area contributed by atoms with Crippen LogP contribution in [0.3, 0.4) is 0 Å². The van der Waals surface area contributed by atoms with Crippen molar-refractivity contribution in [3.63, 3.8) is 0 Å². The second-order valence-corrected chi connectivity index (χ2v) is 10.4. The van der Waals surface area contributed by atoms with E-state index in [2.05, 4.69) is 77.1 Å². The largest absolute Gasteiger partial charge is 0.147 e. The molecular weight excluding hydrogens is 351 g/mol. The first-order valence-corrected chi connectivity index (χ1v) is 9.40. The van der Waals surface area contributed by atoms with Gasteiger partial charge >= 0.3 is 129 Å². The molecule has 0 saturated carbocycles. The second-order valence-electron chi connectivity index (χ2n) is 6.53. The van der Waals surface area contributed by atoms with Gasteiger partial charge in [0.2, 0.25) is 0 Å². The van der Waals surface area contributed by atoms with E-state index >= 15 is 0 Å². The quantitative estimate of drug-likeness (QED) is 0.606. The van der Waals surface area contributed by atoms with Gasteiger partial charge in [0.1, 0.15) is 0 Å². The van der Waals surface area contributed by atoms with Crippen LogP contribution in [-0.4, -0.2) is 3.81 Å². The zero-order chi connectivity index (χ0) is 14.8. The molecule has 0 spiro atoms. The molecule has 1 aromatic rings. The summed E-state index contributed by atoms with van der Waals surface area (Å²) in [4.78, 5) is 0. The SMILES string of the molecule is C[C](C)=[Ti]([O]c1cccc(C(C)(C)C)c1)[C]1=CC=CC1.Cl.Cl. The number of hydrogen-bond donors (Lipinski definition) is 0. The fourth-order valence-electron chi connectivity index (χ4n) is 2.25. The Kier molecular flexibility index (Phi) is 8.94. The Bertz CT molecular complexity index is 591. The van der Waals surface area contributed by atoms with Gasteiger partial charge in [0.05, 0.1) is 0 Å². The van der Waals surface area contributed by atoms with E-state index in [9.17, 15) is 0 Å². The molecule has 0 amide bonds.